The summed E-state index contributed by atoms with van der Waals surface area (Å²) in [6.45, 7) is 5.84. The summed E-state index contributed by atoms with van der Waals surface area (Å²) in [6.07, 6.45) is 4.82. The molecule has 43 heavy (non-hydrogen) atoms. The van der Waals surface area contributed by atoms with Crippen LogP contribution in [-0.4, -0.2) is 35.8 Å². The number of unbranched alkanes of at least 4 members (excludes halogenated alkanes) is 3. The van der Waals surface area contributed by atoms with Crippen LogP contribution in [0.25, 0.3) is 0 Å². The van der Waals surface area contributed by atoms with E-state index >= 15 is 0 Å². The van der Waals surface area contributed by atoms with Gasteiger partial charge in [0.05, 0.1) is 0 Å². The van der Waals surface area contributed by atoms with Gasteiger partial charge in [0.2, 0.25) is 0 Å². The monoisotopic (exact) mass is 666 g/mol. The normalized spacial score (nSPS) is 14.4. The number of hydrogen-bond donors (Lipinski definition) is 0. The van der Waals surface area contributed by atoms with Crippen molar-refractivity contribution in [1.82, 2.24) is 0 Å². The second-order valence-corrected chi connectivity index (χ2v) is 14.8. The van der Waals surface area contributed by atoms with E-state index in [0.29, 0.717) is 36.5 Å². The number of hydrogen-bond acceptors (Lipinski definition) is 9. The van der Waals surface area contributed by atoms with E-state index in [1.54, 1.807) is 72.8 Å². The summed E-state index contributed by atoms with van der Waals surface area (Å²) in [5.74, 6) is 1.17. The van der Waals surface area contributed by atoms with E-state index in [9.17, 15) is 28.4 Å². The summed E-state index contributed by atoms with van der Waals surface area (Å²) < 4.78 is 48.8. The summed E-state index contributed by atoms with van der Waals surface area (Å²) in [6, 6.07) is 25.7. The summed E-state index contributed by atoms with van der Waals surface area (Å²) >= 11 is 0. The van der Waals surface area contributed by atoms with Gasteiger partial charge in [-0.25, -0.2) is 0 Å². The van der Waals surface area contributed by atoms with E-state index in [-0.39, 0.29) is 35.8 Å². The molecule has 0 amide bonds. The minimum Gasteiger partial charge on any atom is -0.769 e. The van der Waals surface area contributed by atoms with Crippen molar-refractivity contribution in [2.75, 3.05) is 18.5 Å². The molecule has 3 aromatic carbocycles. The first-order valence-corrected chi connectivity index (χ1v) is 19.2. The van der Waals surface area contributed by atoms with Crippen molar-refractivity contribution in [3.05, 3.63) is 91.0 Å². The molecular weight excluding hydrogens is 624 g/mol. The van der Waals surface area contributed by atoms with Crippen LogP contribution in [0.3, 0.4) is 0 Å². The molecule has 9 nitrogen and oxygen atoms in total. The first kappa shape index (κ1) is 41.2. The van der Waals surface area contributed by atoms with E-state index in [1.165, 1.54) is 0 Å². The fourth-order valence-corrected chi connectivity index (χ4v) is 6.83. The topological polar surface area (TPSA) is 148 Å². The molecule has 0 radical (unpaired) electrons. The Morgan fingerprint density at radius 2 is 0.674 bits per heavy atom. The molecule has 0 aliphatic carbocycles. The molecule has 0 N–H and O–H groups in total. The van der Waals surface area contributed by atoms with Gasteiger partial charge in [-0.3, -0.25) is 13.7 Å². The van der Waals surface area contributed by atoms with Gasteiger partial charge in [-0.2, -0.15) is 0 Å². The van der Waals surface area contributed by atoms with Crippen LogP contribution in [0.2, 0.25) is 0 Å². The summed E-state index contributed by atoms with van der Waals surface area (Å²) in [5, 5.41) is 0. The van der Waals surface area contributed by atoms with E-state index in [4.69, 9.17) is 13.6 Å². The summed E-state index contributed by atoms with van der Waals surface area (Å²) in [4.78, 5) is 34.1. The molecule has 0 aromatic heterocycles. The van der Waals surface area contributed by atoms with Gasteiger partial charge in [-0.15, -0.1) is 0 Å². The molecule has 13 heteroatoms. The maximum Gasteiger partial charge on any atom is 3.00 e. The minimum atomic E-state index is -3.68. The molecule has 3 unspecified atom stereocenters. The predicted molar refractivity (Wildman–Crippen MR) is 169 cm³/mol. The molecule has 0 heterocycles. The molecule has 0 bridgehead atoms. The van der Waals surface area contributed by atoms with Crippen molar-refractivity contribution >= 4 is 40.1 Å². The van der Waals surface area contributed by atoms with Gasteiger partial charge in [-0.05, 0) is 55.7 Å². The van der Waals surface area contributed by atoms with Crippen molar-refractivity contribution in [1.29, 1.82) is 0 Å². The van der Waals surface area contributed by atoms with Gasteiger partial charge in [0.25, 0.3) is 0 Å². The zero-order valence-electron chi connectivity index (χ0n) is 25.1. The van der Waals surface area contributed by atoms with Crippen LogP contribution in [0.4, 0.5) is 0 Å². The van der Waals surface area contributed by atoms with Crippen LogP contribution in [0.5, 0.6) is 17.2 Å². The van der Waals surface area contributed by atoms with Gasteiger partial charge in [0.15, 0.2) is 22.8 Å². The summed E-state index contributed by atoms with van der Waals surface area (Å²) in [5.41, 5.74) is 0. The zero-order chi connectivity index (χ0) is 31.3. The van der Waals surface area contributed by atoms with Gasteiger partial charge in [-0.1, -0.05) is 94.6 Å². The Morgan fingerprint density at radius 3 is 0.860 bits per heavy atom. The molecule has 0 spiro atoms. The fraction of sp³-hybridized carbons (Fsp3) is 0.400. The van der Waals surface area contributed by atoms with Gasteiger partial charge in [0.1, 0.15) is 17.2 Å². The number of rotatable bonds is 15. The van der Waals surface area contributed by atoms with Gasteiger partial charge >= 0.3 is 17.4 Å². The first-order chi connectivity index (χ1) is 19.9. The Morgan fingerprint density at radius 1 is 0.465 bits per heavy atom. The van der Waals surface area contributed by atoms with E-state index in [2.05, 4.69) is 0 Å². The molecule has 3 aromatic rings. The van der Waals surface area contributed by atoms with Crippen LogP contribution in [0.15, 0.2) is 91.0 Å². The van der Waals surface area contributed by atoms with Crippen LogP contribution in [-0.2, 0) is 13.7 Å². The molecule has 0 fully saturated rings. The molecule has 0 saturated carbocycles. The number of para-hydroxylation sites is 3. The van der Waals surface area contributed by atoms with Crippen molar-refractivity contribution in [3.63, 3.8) is 0 Å². The molecule has 0 aliphatic rings. The van der Waals surface area contributed by atoms with E-state index in [1.807, 2.05) is 39.0 Å². The third kappa shape index (κ3) is 21.5. The maximum atomic E-state index is 11.4. The molecule has 234 valence electrons. The zero-order valence-corrected chi connectivity index (χ0v) is 29.0. The fourth-order valence-electron chi connectivity index (χ4n) is 3.12. The number of benzene rings is 3. The SMILES string of the molecule is CCCCP(=O)([O-])Oc1ccccc1.CCCCP(=O)([O-])Oc1ccccc1.CCCCP(=O)([O-])Oc1ccccc1.[Al+3]. The van der Waals surface area contributed by atoms with Gasteiger partial charge in [0, 0.05) is 18.5 Å². The molecule has 3 atom stereocenters. The Kier molecular flexibility index (Phi) is 21.7. The van der Waals surface area contributed by atoms with Gasteiger partial charge < -0.3 is 28.3 Å². The Hall–Kier alpha value is -1.84. The Balaban J connectivity index is 0.000000608. The van der Waals surface area contributed by atoms with E-state index in [0.717, 1.165) is 19.3 Å². The maximum absolute atomic E-state index is 11.4. The minimum absolute atomic E-state index is 0. The van der Waals surface area contributed by atoms with Crippen LogP contribution in [0, 0.1) is 0 Å². The third-order valence-corrected chi connectivity index (χ3v) is 9.38. The molecule has 0 saturated heterocycles. The quantitative estimate of drug-likeness (QED) is 0.125. The smallest absolute Gasteiger partial charge is 0.769 e. The van der Waals surface area contributed by atoms with Crippen LogP contribution in [0.1, 0.15) is 59.3 Å². The third-order valence-electron chi connectivity index (χ3n) is 5.32. The Labute approximate surface area is 267 Å². The second kappa shape index (κ2) is 22.6. The average molecular weight is 667 g/mol. The predicted octanol–water partition coefficient (Wildman–Crippen LogP) is 6.88. The first-order valence-electron chi connectivity index (χ1n) is 14.1. The van der Waals surface area contributed by atoms with Crippen LogP contribution < -0.4 is 28.3 Å². The van der Waals surface area contributed by atoms with Crippen LogP contribution >= 0.6 is 22.8 Å². The van der Waals surface area contributed by atoms with Crippen molar-refractivity contribution < 1.29 is 41.9 Å². The van der Waals surface area contributed by atoms with Crippen molar-refractivity contribution in [2.45, 2.75) is 59.3 Å². The molecule has 3 rings (SSSR count). The second-order valence-electron chi connectivity index (χ2n) is 9.28. The standard InChI is InChI=1S/3C10H15O3P.Al/c3*1-2-3-9-14(11,12)13-10-7-5-4-6-8-10;/h3*4-8H,2-3,9H2,1H3,(H,11,12);/q;;;+3/p-3. The average Bonchev–Trinajstić information content (AvgIpc) is 2.96. The Bertz CT molecular complexity index is 1090. The molecule has 0 aliphatic heterocycles. The summed E-state index contributed by atoms with van der Waals surface area (Å²) in [7, 11) is -11.0. The van der Waals surface area contributed by atoms with Crippen molar-refractivity contribution in [3.8, 4) is 17.2 Å². The van der Waals surface area contributed by atoms with Crippen molar-refractivity contribution in [2.24, 2.45) is 0 Å². The largest absolute Gasteiger partial charge is 3.00 e. The van der Waals surface area contributed by atoms with E-state index < -0.39 is 22.8 Å². The molecular formula is C30H42AlO9P3.